The summed E-state index contributed by atoms with van der Waals surface area (Å²) in [6, 6.07) is 5.46. The quantitative estimate of drug-likeness (QED) is 0.864. The van der Waals surface area contributed by atoms with Gasteiger partial charge in [-0.15, -0.1) is 0 Å². The van der Waals surface area contributed by atoms with Crippen molar-refractivity contribution in [2.24, 2.45) is 0 Å². The van der Waals surface area contributed by atoms with E-state index >= 15 is 0 Å². The van der Waals surface area contributed by atoms with Crippen LogP contribution in [0.25, 0.3) is 0 Å². The molecule has 0 radical (unpaired) electrons. The molecular weight excluding hydrogens is 341 g/mol. The summed E-state index contributed by atoms with van der Waals surface area (Å²) in [6.07, 6.45) is 1.52. The summed E-state index contributed by atoms with van der Waals surface area (Å²) in [5.74, 6) is -1.03. The minimum atomic E-state index is -0.520. The average Bonchev–Trinajstić information content (AvgIpc) is 3.22. The number of carbonyl (C=O) groups is 2. The summed E-state index contributed by atoms with van der Waals surface area (Å²) < 4.78 is 24.7. The fourth-order valence-corrected chi connectivity index (χ4v) is 3.80. The largest absolute Gasteiger partial charge is 0.347 e. The highest BCUT2D eigenvalue weighted by Gasteiger charge is 2.41. The van der Waals surface area contributed by atoms with Gasteiger partial charge in [0.15, 0.2) is 5.79 Å². The van der Waals surface area contributed by atoms with E-state index in [1.807, 2.05) is 0 Å². The number of rotatable bonds is 2. The zero-order valence-electron chi connectivity index (χ0n) is 14.4. The predicted molar refractivity (Wildman–Crippen MR) is 91.1 cm³/mol. The first-order valence-corrected chi connectivity index (χ1v) is 8.94. The first-order valence-electron chi connectivity index (χ1n) is 8.94. The van der Waals surface area contributed by atoms with Crippen LogP contribution in [0, 0.1) is 5.82 Å². The predicted octanol–water partition coefficient (Wildman–Crippen LogP) is 1.48. The second kappa shape index (κ2) is 6.85. The van der Waals surface area contributed by atoms with Crippen LogP contribution in [0.3, 0.4) is 0 Å². The summed E-state index contributed by atoms with van der Waals surface area (Å²) >= 11 is 0. The molecule has 0 aliphatic carbocycles. The van der Waals surface area contributed by atoms with Crippen LogP contribution in [0.2, 0.25) is 0 Å². The van der Waals surface area contributed by atoms with Gasteiger partial charge in [0.05, 0.1) is 19.3 Å². The molecule has 0 saturated carbocycles. The Kier molecular flexibility index (Phi) is 4.54. The maximum atomic E-state index is 13.4. The van der Waals surface area contributed by atoms with E-state index < -0.39 is 5.79 Å². The molecule has 3 heterocycles. The van der Waals surface area contributed by atoms with Crippen LogP contribution in [0.1, 0.15) is 19.3 Å². The lowest BCUT2D eigenvalue weighted by atomic mass is 10.0. The second-order valence-corrected chi connectivity index (χ2v) is 6.93. The Labute approximate surface area is 151 Å². The number of hydrogen-bond acceptors (Lipinski definition) is 4. The summed E-state index contributed by atoms with van der Waals surface area (Å²) in [7, 11) is 0. The zero-order chi connectivity index (χ0) is 18.1. The Hall–Kier alpha value is -2.19. The van der Waals surface area contributed by atoms with Crippen molar-refractivity contribution in [3.05, 3.63) is 30.1 Å². The normalized spacial score (nSPS) is 25.1. The van der Waals surface area contributed by atoms with Gasteiger partial charge in [-0.2, -0.15) is 0 Å². The molecule has 3 saturated heterocycles. The number of nitrogens with one attached hydrogen (secondary N) is 1. The SMILES string of the molecule is O=C(N[C@@H]1CC(=O)N(c2cccc(F)c2)C1)N1CCC2(CC1)OCCO2. The van der Waals surface area contributed by atoms with Crippen LogP contribution >= 0.6 is 0 Å². The third-order valence-corrected chi connectivity index (χ3v) is 5.20. The van der Waals surface area contributed by atoms with Crippen LogP contribution in [0.4, 0.5) is 14.9 Å². The maximum absolute atomic E-state index is 13.4. The van der Waals surface area contributed by atoms with Gasteiger partial charge in [0.25, 0.3) is 0 Å². The molecule has 1 aromatic carbocycles. The highest BCUT2D eigenvalue weighted by Crippen LogP contribution is 2.31. The van der Waals surface area contributed by atoms with Crippen molar-refractivity contribution in [2.45, 2.75) is 31.1 Å². The Balaban J connectivity index is 1.32. The van der Waals surface area contributed by atoms with Crippen molar-refractivity contribution in [1.82, 2.24) is 10.2 Å². The van der Waals surface area contributed by atoms with Gasteiger partial charge in [0, 0.05) is 44.6 Å². The summed E-state index contributed by atoms with van der Waals surface area (Å²) in [6.45, 7) is 2.66. The number of anilines is 1. The number of benzene rings is 1. The van der Waals surface area contributed by atoms with E-state index in [2.05, 4.69) is 5.32 Å². The minimum Gasteiger partial charge on any atom is -0.347 e. The van der Waals surface area contributed by atoms with E-state index in [0.29, 0.717) is 51.4 Å². The van der Waals surface area contributed by atoms with E-state index in [1.165, 1.54) is 17.0 Å². The zero-order valence-corrected chi connectivity index (χ0v) is 14.4. The van der Waals surface area contributed by atoms with Crippen molar-refractivity contribution >= 4 is 17.6 Å². The topological polar surface area (TPSA) is 71.1 Å². The number of hydrogen-bond donors (Lipinski definition) is 1. The smallest absolute Gasteiger partial charge is 0.317 e. The van der Waals surface area contributed by atoms with Gasteiger partial charge in [0.2, 0.25) is 5.91 Å². The number of halogens is 1. The molecule has 1 N–H and O–H groups in total. The highest BCUT2D eigenvalue weighted by molar-refractivity contribution is 5.96. The molecule has 7 nitrogen and oxygen atoms in total. The molecule has 0 bridgehead atoms. The van der Waals surface area contributed by atoms with Crippen LogP contribution in [-0.2, 0) is 14.3 Å². The van der Waals surface area contributed by atoms with Gasteiger partial charge in [-0.3, -0.25) is 4.79 Å². The van der Waals surface area contributed by atoms with Gasteiger partial charge in [0.1, 0.15) is 5.82 Å². The van der Waals surface area contributed by atoms with E-state index in [1.54, 1.807) is 17.0 Å². The lowest BCUT2D eigenvalue weighted by molar-refractivity contribution is -0.181. The van der Waals surface area contributed by atoms with Crippen LogP contribution in [0.15, 0.2) is 24.3 Å². The molecule has 26 heavy (non-hydrogen) atoms. The number of amides is 3. The Bertz CT molecular complexity index is 697. The fraction of sp³-hybridized carbons (Fsp3) is 0.556. The lowest BCUT2D eigenvalue weighted by Gasteiger charge is -2.37. The Morgan fingerprint density at radius 3 is 2.65 bits per heavy atom. The van der Waals surface area contributed by atoms with Crippen molar-refractivity contribution in [2.75, 3.05) is 37.7 Å². The molecule has 1 atom stereocenters. The maximum Gasteiger partial charge on any atom is 0.317 e. The molecule has 4 rings (SSSR count). The van der Waals surface area contributed by atoms with Crippen LogP contribution in [0.5, 0.6) is 0 Å². The highest BCUT2D eigenvalue weighted by atomic mass is 19.1. The molecule has 140 valence electrons. The second-order valence-electron chi connectivity index (χ2n) is 6.93. The van der Waals surface area contributed by atoms with Crippen molar-refractivity contribution in [1.29, 1.82) is 0 Å². The summed E-state index contributed by atoms with van der Waals surface area (Å²) in [5.41, 5.74) is 0.516. The van der Waals surface area contributed by atoms with Gasteiger partial charge in [-0.25, -0.2) is 9.18 Å². The average molecular weight is 363 g/mol. The van der Waals surface area contributed by atoms with E-state index in [-0.39, 0.29) is 30.2 Å². The van der Waals surface area contributed by atoms with Crippen molar-refractivity contribution in [3.63, 3.8) is 0 Å². The number of piperidine rings is 1. The van der Waals surface area contributed by atoms with E-state index in [9.17, 15) is 14.0 Å². The van der Waals surface area contributed by atoms with Gasteiger partial charge in [-0.05, 0) is 18.2 Å². The molecule has 3 amide bonds. The monoisotopic (exact) mass is 363 g/mol. The van der Waals surface area contributed by atoms with Gasteiger partial charge in [-0.1, -0.05) is 6.07 Å². The molecule has 1 spiro atoms. The third kappa shape index (κ3) is 3.39. The minimum absolute atomic E-state index is 0.119. The van der Waals surface area contributed by atoms with Crippen LogP contribution < -0.4 is 10.2 Å². The van der Waals surface area contributed by atoms with E-state index in [0.717, 1.165) is 0 Å². The standard InChI is InChI=1S/C18H22FN3O4/c19-13-2-1-3-15(10-13)22-12-14(11-16(22)23)20-17(24)21-6-4-18(5-7-21)25-8-9-26-18/h1-3,10,14H,4-9,11-12H2,(H,20,24)/t14-/m1/s1. The number of ether oxygens (including phenoxy) is 2. The van der Waals surface area contributed by atoms with Crippen molar-refractivity contribution in [3.8, 4) is 0 Å². The van der Waals surface area contributed by atoms with E-state index in [4.69, 9.17) is 9.47 Å². The number of carbonyl (C=O) groups excluding carboxylic acids is 2. The first kappa shape index (κ1) is 17.2. The number of nitrogens with zero attached hydrogens (tertiary/aromatic N) is 2. The van der Waals surface area contributed by atoms with Gasteiger partial charge >= 0.3 is 6.03 Å². The lowest BCUT2D eigenvalue weighted by Crippen LogP contribution is -2.52. The molecular formula is C18H22FN3O4. The molecule has 3 fully saturated rings. The molecule has 3 aliphatic heterocycles. The summed E-state index contributed by atoms with van der Waals surface area (Å²) in [5, 5.41) is 2.92. The Morgan fingerprint density at radius 1 is 1.23 bits per heavy atom. The van der Waals surface area contributed by atoms with Gasteiger partial charge < -0.3 is 24.6 Å². The Morgan fingerprint density at radius 2 is 1.96 bits per heavy atom. The number of urea groups is 1. The molecule has 0 unspecified atom stereocenters. The fourth-order valence-electron chi connectivity index (χ4n) is 3.80. The van der Waals surface area contributed by atoms with Crippen molar-refractivity contribution < 1.29 is 23.5 Å². The number of likely N-dealkylation sites (tertiary alicyclic amines) is 1. The van der Waals surface area contributed by atoms with Crippen LogP contribution in [-0.4, -0.2) is 61.5 Å². The molecule has 3 aliphatic rings. The first-order chi connectivity index (χ1) is 12.5. The molecule has 1 aromatic rings. The summed E-state index contributed by atoms with van der Waals surface area (Å²) in [4.78, 5) is 28.0. The molecule has 0 aromatic heterocycles. The third-order valence-electron chi connectivity index (χ3n) is 5.20. The molecule has 8 heteroatoms.